The number of rotatable bonds is 6. The van der Waals surface area contributed by atoms with Crippen molar-refractivity contribution in [3.63, 3.8) is 0 Å². The van der Waals surface area contributed by atoms with Crippen LogP contribution in [0.1, 0.15) is 16.7 Å². The molecule has 0 heterocycles. The summed E-state index contributed by atoms with van der Waals surface area (Å²) in [5.41, 5.74) is 2.74. The van der Waals surface area contributed by atoms with Crippen molar-refractivity contribution in [2.45, 2.75) is 19.5 Å². The fraction of sp³-hybridized carbons (Fsp3) is 0.188. The lowest BCUT2D eigenvalue weighted by molar-refractivity contribution is -0.136. The molecule has 104 valence electrons. The summed E-state index contributed by atoms with van der Waals surface area (Å²) >= 11 is 0. The van der Waals surface area contributed by atoms with Gasteiger partial charge in [0, 0.05) is 13.1 Å². The van der Waals surface area contributed by atoms with Gasteiger partial charge in [-0.15, -0.1) is 0 Å². The minimum Gasteiger partial charge on any atom is -0.481 e. The third-order valence-corrected chi connectivity index (χ3v) is 2.93. The fourth-order valence-electron chi connectivity index (χ4n) is 1.95. The number of carbonyl (C=O) groups is 1. The second-order valence-corrected chi connectivity index (χ2v) is 4.62. The summed E-state index contributed by atoms with van der Waals surface area (Å²) in [6, 6.07) is 13.9. The van der Waals surface area contributed by atoms with Crippen molar-refractivity contribution in [2.24, 2.45) is 0 Å². The first-order valence-corrected chi connectivity index (χ1v) is 6.38. The lowest BCUT2D eigenvalue weighted by Crippen LogP contribution is -2.12. The van der Waals surface area contributed by atoms with Crippen LogP contribution in [0.2, 0.25) is 0 Å². The zero-order valence-electron chi connectivity index (χ0n) is 11.0. The van der Waals surface area contributed by atoms with E-state index in [0.717, 1.165) is 16.7 Å². The Morgan fingerprint density at radius 3 is 2.30 bits per heavy atom. The summed E-state index contributed by atoms with van der Waals surface area (Å²) in [5.74, 6) is -1.07. The van der Waals surface area contributed by atoms with E-state index >= 15 is 0 Å². The molecule has 0 saturated heterocycles. The van der Waals surface area contributed by atoms with E-state index < -0.39 is 5.97 Å². The Kier molecular flexibility index (Phi) is 4.85. The maximum atomic E-state index is 13.0. The second-order valence-electron chi connectivity index (χ2n) is 4.62. The lowest BCUT2D eigenvalue weighted by Gasteiger charge is -2.06. The van der Waals surface area contributed by atoms with Gasteiger partial charge in [-0.2, -0.15) is 0 Å². The summed E-state index contributed by atoms with van der Waals surface area (Å²) < 4.78 is 13.0. The van der Waals surface area contributed by atoms with Crippen molar-refractivity contribution < 1.29 is 14.3 Å². The zero-order chi connectivity index (χ0) is 14.4. The average Bonchev–Trinajstić information content (AvgIpc) is 2.40. The monoisotopic (exact) mass is 273 g/mol. The molecule has 0 aromatic heterocycles. The van der Waals surface area contributed by atoms with Crippen molar-refractivity contribution in [3.8, 4) is 0 Å². The molecule has 0 bridgehead atoms. The highest BCUT2D eigenvalue weighted by Crippen LogP contribution is 2.07. The van der Waals surface area contributed by atoms with Crippen LogP contribution in [-0.4, -0.2) is 11.1 Å². The number of hydrogen-bond donors (Lipinski definition) is 2. The number of hydrogen-bond acceptors (Lipinski definition) is 2. The van der Waals surface area contributed by atoms with E-state index in [4.69, 9.17) is 5.11 Å². The van der Waals surface area contributed by atoms with E-state index in [1.807, 2.05) is 30.3 Å². The second kappa shape index (κ2) is 6.82. The molecule has 0 radical (unpaired) electrons. The highest BCUT2D eigenvalue weighted by molar-refractivity contribution is 5.70. The zero-order valence-corrected chi connectivity index (χ0v) is 11.0. The molecule has 2 N–H and O–H groups in total. The van der Waals surface area contributed by atoms with Crippen LogP contribution in [0.4, 0.5) is 4.39 Å². The molecule has 0 amide bonds. The third-order valence-electron chi connectivity index (χ3n) is 2.93. The molecule has 4 heteroatoms. The van der Waals surface area contributed by atoms with Gasteiger partial charge in [-0.25, -0.2) is 4.39 Å². The van der Waals surface area contributed by atoms with Crippen LogP contribution in [0.3, 0.4) is 0 Å². The predicted octanol–water partition coefficient (Wildman–Crippen LogP) is 2.74. The molecular weight excluding hydrogens is 257 g/mol. The Labute approximate surface area is 117 Å². The van der Waals surface area contributed by atoms with Gasteiger partial charge in [0.2, 0.25) is 0 Å². The number of halogens is 1. The van der Waals surface area contributed by atoms with Gasteiger partial charge in [0.1, 0.15) is 5.82 Å². The Bertz CT molecular complexity index is 581. The molecule has 0 saturated carbocycles. The van der Waals surface area contributed by atoms with Crippen LogP contribution in [0.15, 0.2) is 48.5 Å². The first-order chi connectivity index (χ1) is 9.63. The molecule has 20 heavy (non-hydrogen) atoms. The number of carboxylic acid groups (broad SMARTS) is 1. The van der Waals surface area contributed by atoms with E-state index in [1.54, 1.807) is 6.07 Å². The van der Waals surface area contributed by atoms with Crippen molar-refractivity contribution in [2.75, 3.05) is 0 Å². The first-order valence-electron chi connectivity index (χ1n) is 6.38. The third kappa shape index (κ3) is 4.48. The minimum absolute atomic E-state index is 0.0387. The Balaban J connectivity index is 1.83. The normalized spacial score (nSPS) is 10.4. The Hall–Kier alpha value is -2.20. The summed E-state index contributed by atoms with van der Waals surface area (Å²) in [6.45, 7) is 1.25. The van der Waals surface area contributed by atoms with Crippen molar-refractivity contribution in [3.05, 3.63) is 71.0 Å². The fourth-order valence-corrected chi connectivity index (χ4v) is 1.95. The average molecular weight is 273 g/mol. The summed E-state index contributed by atoms with van der Waals surface area (Å²) in [4.78, 5) is 10.6. The Morgan fingerprint density at radius 2 is 1.65 bits per heavy atom. The smallest absolute Gasteiger partial charge is 0.307 e. The molecule has 0 aliphatic heterocycles. The molecule has 2 aromatic carbocycles. The van der Waals surface area contributed by atoms with Crippen LogP contribution in [-0.2, 0) is 24.3 Å². The number of carboxylic acids is 1. The molecule has 0 unspecified atom stereocenters. The van der Waals surface area contributed by atoms with Crippen LogP contribution < -0.4 is 5.32 Å². The van der Waals surface area contributed by atoms with Gasteiger partial charge in [0.15, 0.2) is 0 Å². The molecule has 0 spiro atoms. The molecule has 2 aromatic rings. The molecule has 0 fully saturated rings. The van der Waals surface area contributed by atoms with E-state index in [-0.39, 0.29) is 12.2 Å². The molecule has 0 aliphatic rings. The molecular formula is C16H16FNO2. The summed E-state index contributed by atoms with van der Waals surface area (Å²) in [5, 5.41) is 11.9. The molecule has 0 atom stereocenters. The standard InChI is InChI=1S/C16H16FNO2/c17-15-3-1-2-14(8-15)11-18-10-13-6-4-12(5-7-13)9-16(19)20/h1-8,18H,9-11H2,(H,19,20). The van der Waals surface area contributed by atoms with Gasteiger partial charge >= 0.3 is 5.97 Å². The van der Waals surface area contributed by atoms with Gasteiger partial charge in [0.05, 0.1) is 6.42 Å². The van der Waals surface area contributed by atoms with Gasteiger partial charge in [-0.05, 0) is 28.8 Å². The number of aliphatic carboxylic acids is 1. The van der Waals surface area contributed by atoms with Gasteiger partial charge in [0.25, 0.3) is 0 Å². The first kappa shape index (κ1) is 14.2. The molecule has 3 nitrogen and oxygen atoms in total. The van der Waals surface area contributed by atoms with Crippen molar-refractivity contribution in [1.29, 1.82) is 0 Å². The quantitative estimate of drug-likeness (QED) is 0.851. The minimum atomic E-state index is -0.832. The maximum Gasteiger partial charge on any atom is 0.307 e. The molecule has 2 rings (SSSR count). The van der Waals surface area contributed by atoms with E-state index in [2.05, 4.69) is 5.32 Å². The SMILES string of the molecule is O=C(O)Cc1ccc(CNCc2cccc(F)c2)cc1. The van der Waals surface area contributed by atoms with Crippen LogP contribution in [0, 0.1) is 5.82 Å². The lowest BCUT2D eigenvalue weighted by atomic mass is 10.1. The number of nitrogens with one attached hydrogen (secondary N) is 1. The van der Waals surface area contributed by atoms with Crippen LogP contribution >= 0.6 is 0 Å². The van der Waals surface area contributed by atoms with Gasteiger partial charge < -0.3 is 10.4 Å². The topological polar surface area (TPSA) is 49.3 Å². The predicted molar refractivity (Wildman–Crippen MR) is 74.7 cm³/mol. The van der Waals surface area contributed by atoms with E-state index in [0.29, 0.717) is 13.1 Å². The van der Waals surface area contributed by atoms with Crippen molar-refractivity contribution >= 4 is 5.97 Å². The van der Waals surface area contributed by atoms with Gasteiger partial charge in [-0.1, -0.05) is 36.4 Å². The molecule has 0 aliphatic carbocycles. The van der Waals surface area contributed by atoms with Gasteiger partial charge in [-0.3, -0.25) is 4.79 Å². The maximum absolute atomic E-state index is 13.0. The van der Waals surface area contributed by atoms with Crippen LogP contribution in [0.5, 0.6) is 0 Å². The number of benzene rings is 2. The highest BCUT2D eigenvalue weighted by atomic mass is 19.1. The largest absolute Gasteiger partial charge is 0.481 e. The highest BCUT2D eigenvalue weighted by Gasteiger charge is 2.00. The summed E-state index contributed by atoms with van der Waals surface area (Å²) in [7, 11) is 0. The van der Waals surface area contributed by atoms with E-state index in [1.165, 1.54) is 12.1 Å². The van der Waals surface area contributed by atoms with Crippen molar-refractivity contribution in [1.82, 2.24) is 5.32 Å². The van der Waals surface area contributed by atoms with E-state index in [9.17, 15) is 9.18 Å². The van der Waals surface area contributed by atoms with Crippen LogP contribution in [0.25, 0.3) is 0 Å². The summed E-state index contributed by atoms with van der Waals surface area (Å²) in [6.07, 6.45) is 0.0387. The Morgan fingerprint density at radius 1 is 1.00 bits per heavy atom.